The summed E-state index contributed by atoms with van der Waals surface area (Å²) in [5.41, 5.74) is 6.81. The molecule has 53 heavy (non-hydrogen) atoms. The van der Waals surface area contributed by atoms with E-state index in [0.717, 1.165) is 25.6 Å². The van der Waals surface area contributed by atoms with Crippen molar-refractivity contribution in [1.82, 2.24) is 16.0 Å². The van der Waals surface area contributed by atoms with Gasteiger partial charge < -0.3 is 21.4 Å². The van der Waals surface area contributed by atoms with Crippen LogP contribution in [-0.2, 0) is 20.7 Å². The van der Waals surface area contributed by atoms with Gasteiger partial charge in [0.1, 0.15) is 35.3 Å². The standard InChI is InChI=1S/C19H16BrFN2O2S.C18H15BrFN3O2.HI.H3N/c1-23-17(24)19(22-18(23)26-2)10-16(11-3-6-13(21)7-4-11)25-15-8-5-12(20)9-14(15)19;1-23-16(24)18(22-17(23)21)9-15(10-2-5-12(20)6-3-10)25-14-7-4-11(19)8-13(14)18;;/h3-9,16H,10H2,1-2H3;2-8,15H,9H2,1H3,(H2,21,22);1H;1H3. The van der Waals surface area contributed by atoms with Gasteiger partial charge in [-0.2, -0.15) is 0 Å². The number of carbonyl (C=O) groups is 2. The molecule has 0 saturated heterocycles. The largest absolute Gasteiger partial charge is 0.485 e. The first-order chi connectivity index (χ1) is 24.3. The Kier molecular flexibility index (Phi) is 12.0. The number of nitrogens with zero attached hydrogens (tertiary/aromatic N) is 4. The van der Waals surface area contributed by atoms with Crippen LogP contribution in [0.5, 0.6) is 11.5 Å². The average Bonchev–Trinajstić information content (AvgIpc) is 3.49. The van der Waals surface area contributed by atoms with Crippen molar-refractivity contribution < 1.29 is 27.8 Å². The molecule has 0 bridgehead atoms. The molecule has 2 spiro atoms. The van der Waals surface area contributed by atoms with Crippen molar-refractivity contribution in [2.24, 2.45) is 15.7 Å². The lowest BCUT2D eigenvalue weighted by Crippen LogP contribution is -2.43. The van der Waals surface area contributed by atoms with Gasteiger partial charge in [-0.05, 0) is 78.0 Å². The SMILES string of the molecule is CN1C(=O)C2(CC(c3ccc(F)cc3)Oc3ccc(Br)cc32)N=C1N.CSC1=NC2(CC(c3ccc(F)cc3)Oc3ccc(Br)cc32)C(=O)N1C.I.N. The van der Waals surface area contributed by atoms with E-state index in [-0.39, 0.29) is 65.6 Å². The quantitative estimate of drug-likeness (QED) is 0.192. The first-order valence-corrected chi connectivity index (χ1v) is 18.7. The fourth-order valence-electron chi connectivity index (χ4n) is 6.88. The number of rotatable bonds is 2. The minimum absolute atomic E-state index is 0. The maximum Gasteiger partial charge on any atom is 0.261 e. The fourth-order valence-corrected chi connectivity index (χ4v) is 8.21. The van der Waals surface area contributed by atoms with Gasteiger partial charge in [-0.3, -0.25) is 19.4 Å². The number of nitrogens with two attached hydrogens (primary N) is 1. The van der Waals surface area contributed by atoms with Crippen molar-refractivity contribution in [2.45, 2.75) is 36.1 Å². The molecule has 4 unspecified atom stereocenters. The Morgan fingerprint density at radius 3 is 1.53 bits per heavy atom. The van der Waals surface area contributed by atoms with Crippen LogP contribution in [0, 0.1) is 11.6 Å². The Labute approximate surface area is 343 Å². The van der Waals surface area contributed by atoms with Crippen molar-refractivity contribution in [2.75, 3.05) is 20.4 Å². The Hall–Kier alpha value is -3.58. The third-order valence-electron chi connectivity index (χ3n) is 9.48. The fraction of sp³-hybridized carbons (Fsp3) is 0.243. The first-order valence-electron chi connectivity index (χ1n) is 15.8. The number of fused-ring (bicyclic) bond motifs is 4. The first kappa shape index (κ1) is 40.6. The van der Waals surface area contributed by atoms with Crippen LogP contribution >= 0.6 is 67.6 Å². The summed E-state index contributed by atoms with van der Waals surface area (Å²) < 4.78 is 40.5. The normalized spacial score (nSPS) is 23.8. The van der Waals surface area contributed by atoms with Crippen LogP contribution in [0.1, 0.15) is 47.3 Å². The number of hydrogen-bond acceptors (Lipinski definition) is 9. The summed E-state index contributed by atoms with van der Waals surface area (Å²) in [6.07, 6.45) is 1.76. The molecule has 0 fully saturated rings. The zero-order valence-corrected chi connectivity index (χ0v) is 35.0. The van der Waals surface area contributed by atoms with Crippen LogP contribution in [0.15, 0.2) is 104 Å². The van der Waals surface area contributed by atoms with Gasteiger partial charge in [0.05, 0.1) is 0 Å². The molecule has 4 aliphatic rings. The van der Waals surface area contributed by atoms with Crippen LogP contribution in [-0.4, -0.2) is 53.1 Å². The van der Waals surface area contributed by atoms with Crippen LogP contribution < -0.4 is 21.4 Å². The molecule has 10 nitrogen and oxygen atoms in total. The highest BCUT2D eigenvalue weighted by Crippen LogP contribution is 2.52. The molecule has 0 aliphatic carbocycles. The maximum absolute atomic E-state index is 13.3. The Morgan fingerprint density at radius 1 is 0.736 bits per heavy atom. The van der Waals surface area contributed by atoms with E-state index in [9.17, 15) is 18.4 Å². The summed E-state index contributed by atoms with van der Waals surface area (Å²) in [6, 6.07) is 23.4. The number of halogens is 5. The number of benzene rings is 4. The Morgan fingerprint density at radius 2 is 1.15 bits per heavy atom. The van der Waals surface area contributed by atoms with Gasteiger partial charge in [-0.15, -0.1) is 24.0 Å². The second kappa shape index (κ2) is 15.6. The lowest BCUT2D eigenvalue weighted by Gasteiger charge is -2.37. The van der Waals surface area contributed by atoms with E-state index in [1.165, 1.54) is 40.9 Å². The molecule has 4 heterocycles. The monoisotopic (exact) mass is 982 g/mol. The van der Waals surface area contributed by atoms with Gasteiger partial charge >= 0.3 is 0 Å². The van der Waals surface area contributed by atoms with Gasteiger partial charge in [0, 0.05) is 47.0 Å². The highest BCUT2D eigenvalue weighted by molar-refractivity contribution is 14.0. The molecule has 4 aromatic carbocycles. The zero-order chi connectivity index (χ0) is 36.2. The lowest BCUT2D eigenvalue weighted by atomic mass is 9.80. The van der Waals surface area contributed by atoms with Crippen LogP contribution in [0.3, 0.4) is 0 Å². The molecule has 4 atom stereocenters. The van der Waals surface area contributed by atoms with Gasteiger partial charge in [-0.25, -0.2) is 18.8 Å². The number of aliphatic imine (C=N–C) groups is 2. The van der Waals surface area contributed by atoms with E-state index in [2.05, 4.69) is 36.9 Å². The van der Waals surface area contributed by atoms with Gasteiger partial charge in [0.2, 0.25) is 0 Å². The van der Waals surface area contributed by atoms with E-state index < -0.39 is 17.2 Å². The minimum atomic E-state index is -1.13. The van der Waals surface area contributed by atoms with Crippen molar-refractivity contribution in [1.29, 1.82) is 0 Å². The lowest BCUT2D eigenvalue weighted by molar-refractivity contribution is -0.133. The number of amidine groups is 1. The molecule has 2 amide bonds. The van der Waals surface area contributed by atoms with Gasteiger partial charge in [-0.1, -0.05) is 67.9 Å². The summed E-state index contributed by atoms with van der Waals surface area (Å²) in [4.78, 5) is 38.5. The summed E-state index contributed by atoms with van der Waals surface area (Å²) in [6.45, 7) is 0. The Balaban J connectivity index is 0.000000197. The molecular weight excluding hydrogens is 949 g/mol. The summed E-state index contributed by atoms with van der Waals surface area (Å²) in [5, 5.41) is 0.681. The number of likely N-dealkylation sites (N-methyl/N-ethyl adjacent to an activating group) is 2. The van der Waals surface area contributed by atoms with Crippen LogP contribution in [0.4, 0.5) is 8.78 Å². The number of carbonyl (C=O) groups excluding carboxylic acids is 2. The van der Waals surface area contributed by atoms with Crippen molar-refractivity contribution in [3.63, 3.8) is 0 Å². The van der Waals surface area contributed by atoms with Crippen LogP contribution in [0.25, 0.3) is 0 Å². The molecule has 4 aliphatic heterocycles. The summed E-state index contributed by atoms with van der Waals surface area (Å²) in [5.74, 6) is 0.484. The highest BCUT2D eigenvalue weighted by Gasteiger charge is 2.55. The topological polar surface area (TPSA) is 145 Å². The molecular formula is C37H35Br2F2IN6O4S. The second-order valence-electron chi connectivity index (χ2n) is 12.5. The zero-order valence-electron chi connectivity index (χ0n) is 28.7. The molecule has 16 heteroatoms. The van der Waals surface area contributed by atoms with Gasteiger partial charge in [0.25, 0.3) is 11.8 Å². The maximum atomic E-state index is 13.3. The third-order valence-corrected chi connectivity index (χ3v) is 11.2. The number of hydrogen-bond donors (Lipinski definition) is 2. The highest BCUT2D eigenvalue weighted by atomic mass is 127. The number of thioether (sulfide) groups is 1. The minimum Gasteiger partial charge on any atom is -0.485 e. The van der Waals surface area contributed by atoms with Crippen LogP contribution in [0.2, 0.25) is 0 Å². The third kappa shape index (κ3) is 7.20. The van der Waals surface area contributed by atoms with E-state index >= 15 is 0 Å². The smallest absolute Gasteiger partial charge is 0.261 e. The predicted molar refractivity (Wildman–Crippen MR) is 219 cm³/mol. The van der Waals surface area contributed by atoms with Crippen molar-refractivity contribution in [3.05, 3.63) is 128 Å². The average molecular weight is 985 g/mol. The summed E-state index contributed by atoms with van der Waals surface area (Å²) >= 11 is 8.36. The molecule has 4 aromatic rings. The van der Waals surface area contributed by atoms with Gasteiger partial charge in [0.15, 0.2) is 22.2 Å². The second-order valence-corrected chi connectivity index (χ2v) is 15.1. The molecule has 8 rings (SSSR count). The molecule has 0 saturated carbocycles. The van der Waals surface area contributed by atoms with E-state index in [0.29, 0.717) is 35.1 Å². The van der Waals surface area contributed by atoms with Crippen molar-refractivity contribution >= 4 is 90.5 Å². The number of guanidine groups is 1. The van der Waals surface area contributed by atoms with E-state index in [1.54, 1.807) is 49.3 Å². The van der Waals surface area contributed by atoms with E-state index in [1.807, 2.05) is 36.6 Å². The van der Waals surface area contributed by atoms with Crippen molar-refractivity contribution in [3.8, 4) is 11.5 Å². The van der Waals surface area contributed by atoms with E-state index in [4.69, 9.17) is 20.2 Å². The molecule has 0 radical (unpaired) electrons. The summed E-state index contributed by atoms with van der Waals surface area (Å²) in [7, 11) is 3.35. The molecule has 0 aromatic heterocycles. The predicted octanol–water partition coefficient (Wildman–Crippen LogP) is 8.37. The number of amides is 2. The number of ether oxygens (including phenoxy) is 2. The Bertz CT molecular complexity index is 2130. The molecule has 5 N–H and O–H groups in total. The molecule has 278 valence electrons.